The summed E-state index contributed by atoms with van der Waals surface area (Å²) in [6.45, 7) is 9.42. The quantitative estimate of drug-likeness (QED) is 0.796. The number of hydrogen-bond acceptors (Lipinski definition) is 5. The fraction of sp³-hybridized carbons (Fsp3) is 0.600. The van der Waals surface area contributed by atoms with Crippen LogP contribution in [0.25, 0.3) is 0 Å². The first kappa shape index (κ1) is 17.5. The maximum Gasteiger partial charge on any atom is 0.147 e. The van der Waals surface area contributed by atoms with E-state index in [0.717, 1.165) is 37.0 Å². The fourth-order valence-electron chi connectivity index (χ4n) is 3.86. The molecule has 4 rings (SSSR count). The van der Waals surface area contributed by atoms with Gasteiger partial charge in [0, 0.05) is 19.1 Å². The molecule has 1 aromatic carbocycles. The number of benzene rings is 1. The van der Waals surface area contributed by atoms with E-state index in [-0.39, 0.29) is 11.7 Å². The summed E-state index contributed by atoms with van der Waals surface area (Å²) in [6.07, 6.45) is 2.53. The van der Waals surface area contributed by atoms with Gasteiger partial charge in [0.05, 0.1) is 12.1 Å². The molecule has 1 unspecified atom stereocenters. The smallest absolute Gasteiger partial charge is 0.147 e. The summed E-state index contributed by atoms with van der Waals surface area (Å²) in [5.41, 5.74) is -0.206. The summed E-state index contributed by atoms with van der Waals surface area (Å²) in [5.74, 6) is 2.99. The highest BCUT2D eigenvalue weighted by Gasteiger charge is 2.35. The number of nitrogens with zero attached hydrogens (tertiary/aromatic N) is 4. The van der Waals surface area contributed by atoms with Gasteiger partial charge in [0.25, 0.3) is 0 Å². The SMILES string of the molecule is Cc1nnc(CN2CC(COc3ccccc3)OC(C)(C)C2)n1C1CC1. The van der Waals surface area contributed by atoms with Crippen LogP contribution in [-0.2, 0) is 11.3 Å². The topological polar surface area (TPSA) is 52.4 Å². The minimum atomic E-state index is -0.206. The molecular formula is C20H28N4O2. The summed E-state index contributed by atoms with van der Waals surface area (Å²) in [7, 11) is 0. The van der Waals surface area contributed by atoms with Gasteiger partial charge in [-0.25, -0.2) is 0 Å². The van der Waals surface area contributed by atoms with Gasteiger partial charge in [-0.3, -0.25) is 4.90 Å². The summed E-state index contributed by atoms with van der Waals surface area (Å²) >= 11 is 0. The highest BCUT2D eigenvalue weighted by atomic mass is 16.5. The molecule has 2 aromatic rings. The van der Waals surface area contributed by atoms with Crippen LogP contribution in [0, 0.1) is 6.92 Å². The van der Waals surface area contributed by atoms with Crippen molar-refractivity contribution in [3.63, 3.8) is 0 Å². The molecule has 140 valence electrons. The summed E-state index contributed by atoms with van der Waals surface area (Å²) < 4.78 is 14.5. The number of para-hydroxylation sites is 1. The molecule has 1 aliphatic heterocycles. The number of morpholine rings is 1. The van der Waals surface area contributed by atoms with Crippen LogP contribution >= 0.6 is 0 Å². The van der Waals surface area contributed by atoms with Gasteiger partial charge < -0.3 is 14.0 Å². The lowest BCUT2D eigenvalue weighted by Gasteiger charge is -2.42. The Hall–Kier alpha value is -1.92. The third kappa shape index (κ3) is 4.07. The van der Waals surface area contributed by atoms with Crippen LogP contribution in [0.15, 0.2) is 30.3 Å². The van der Waals surface area contributed by atoms with Crippen molar-refractivity contribution in [3.8, 4) is 5.75 Å². The van der Waals surface area contributed by atoms with Crippen LogP contribution in [0.1, 0.15) is 44.4 Å². The molecule has 0 amide bonds. The van der Waals surface area contributed by atoms with Gasteiger partial charge in [0.15, 0.2) is 0 Å². The van der Waals surface area contributed by atoms with Crippen LogP contribution in [-0.4, -0.2) is 51.1 Å². The van der Waals surface area contributed by atoms with Gasteiger partial charge in [-0.05, 0) is 45.7 Å². The summed E-state index contributed by atoms with van der Waals surface area (Å²) in [4.78, 5) is 2.42. The van der Waals surface area contributed by atoms with Crippen LogP contribution < -0.4 is 4.74 Å². The zero-order chi connectivity index (χ0) is 18.1. The van der Waals surface area contributed by atoms with Crippen molar-refractivity contribution in [3.05, 3.63) is 42.0 Å². The Balaban J connectivity index is 1.41. The van der Waals surface area contributed by atoms with Gasteiger partial charge in [0.2, 0.25) is 0 Å². The van der Waals surface area contributed by atoms with Crippen LogP contribution in [0.2, 0.25) is 0 Å². The lowest BCUT2D eigenvalue weighted by Crippen LogP contribution is -2.54. The number of rotatable bonds is 6. The van der Waals surface area contributed by atoms with E-state index in [0.29, 0.717) is 12.6 Å². The molecule has 6 heteroatoms. The Kier molecular flexibility index (Phi) is 4.71. The molecule has 2 heterocycles. The number of hydrogen-bond donors (Lipinski definition) is 0. The minimum Gasteiger partial charge on any atom is -0.491 e. The molecule has 0 radical (unpaired) electrons. The molecule has 1 saturated carbocycles. The molecule has 1 saturated heterocycles. The molecule has 2 aliphatic rings. The van der Waals surface area contributed by atoms with Gasteiger partial charge in [-0.15, -0.1) is 10.2 Å². The fourth-order valence-corrected chi connectivity index (χ4v) is 3.86. The second-order valence-corrected chi connectivity index (χ2v) is 8.06. The molecule has 1 atom stereocenters. The first-order chi connectivity index (χ1) is 12.5. The van der Waals surface area contributed by atoms with E-state index in [1.54, 1.807) is 0 Å². The van der Waals surface area contributed by atoms with E-state index in [9.17, 15) is 0 Å². The second-order valence-electron chi connectivity index (χ2n) is 8.06. The normalized spacial score (nSPS) is 23.1. The Bertz CT molecular complexity index is 740. The minimum absolute atomic E-state index is 0.0392. The van der Waals surface area contributed by atoms with Crippen molar-refractivity contribution in [2.75, 3.05) is 19.7 Å². The Morgan fingerprint density at radius 1 is 1.19 bits per heavy atom. The van der Waals surface area contributed by atoms with Crippen molar-refractivity contribution in [2.45, 2.75) is 57.9 Å². The van der Waals surface area contributed by atoms with E-state index in [1.165, 1.54) is 12.8 Å². The maximum absolute atomic E-state index is 6.25. The van der Waals surface area contributed by atoms with Gasteiger partial charge >= 0.3 is 0 Å². The molecule has 0 N–H and O–H groups in total. The Morgan fingerprint density at radius 2 is 1.96 bits per heavy atom. The van der Waals surface area contributed by atoms with E-state index in [2.05, 4.69) is 40.4 Å². The molecule has 0 bridgehead atoms. The molecule has 2 fully saturated rings. The maximum atomic E-state index is 6.25. The van der Waals surface area contributed by atoms with E-state index in [1.807, 2.05) is 30.3 Å². The number of aryl methyl sites for hydroxylation is 1. The third-order valence-electron chi connectivity index (χ3n) is 4.94. The standard InChI is InChI=1S/C20H28N4O2/c1-15-21-22-19(24(15)16-9-10-16)12-23-11-18(26-20(2,3)14-23)13-25-17-7-5-4-6-8-17/h4-8,16,18H,9-14H2,1-3H3. The first-order valence-electron chi connectivity index (χ1n) is 9.48. The Labute approximate surface area is 155 Å². The predicted octanol–water partition coefficient (Wildman–Crippen LogP) is 2.98. The van der Waals surface area contributed by atoms with Crippen molar-refractivity contribution in [2.24, 2.45) is 0 Å². The number of ether oxygens (including phenoxy) is 2. The van der Waals surface area contributed by atoms with Gasteiger partial charge in [-0.2, -0.15) is 0 Å². The molecule has 26 heavy (non-hydrogen) atoms. The lowest BCUT2D eigenvalue weighted by molar-refractivity contribution is -0.148. The largest absolute Gasteiger partial charge is 0.491 e. The van der Waals surface area contributed by atoms with Crippen LogP contribution in [0.3, 0.4) is 0 Å². The molecular weight excluding hydrogens is 328 g/mol. The Morgan fingerprint density at radius 3 is 2.69 bits per heavy atom. The van der Waals surface area contributed by atoms with Crippen molar-refractivity contribution in [1.29, 1.82) is 0 Å². The zero-order valence-corrected chi connectivity index (χ0v) is 15.9. The molecule has 1 aromatic heterocycles. The van der Waals surface area contributed by atoms with E-state index in [4.69, 9.17) is 9.47 Å². The average Bonchev–Trinajstić information content (AvgIpc) is 3.37. The number of aromatic nitrogens is 3. The van der Waals surface area contributed by atoms with Gasteiger partial charge in [-0.1, -0.05) is 18.2 Å². The van der Waals surface area contributed by atoms with Crippen LogP contribution in [0.4, 0.5) is 0 Å². The van der Waals surface area contributed by atoms with Crippen molar-refractivity contribution in [1.82, 2.24) is 19.7 Å². The predicted molar refractivity (Wildman–Crippen MR) is 99.2 cm³/mol. The summed E-state index contributed by atoms with van der Waals surface area (Å²) in [5, 5.41) is 8.74. The first-order valence-corrected chi connectivity index (χ1v) is 9.48. The van der Waals surface area contributed by atoms with Crippen molar-refractivity contribution < 1.29 is 9.47 Å². The van der Waals surface area contributed by atoms with Gasteiger partial charge in [0.1, 0.15) is 30.1 Å². The monoisotopic (exact) mass is 356 g/mol. The average molecular weight is 356 g/mol. The molecule has 1 aliphatic carbocycles. The molecule has 6 nitrogen and oxygen atoms in total. The van der Waals surface area contributed by atoms with Crippen LogP contribution in [0.5, 0.6) is 5.75 Å². The zero-order valence-electron chi connectivity index (χ0n) is 15.9. The lowest BCUT2D eigenvalue weighted by atomic mass is 10.1. The second kappa shape index (κ2) is 7.00. The highest BCUT2D eigenvalue weighted by molar-refractivity contribution is 5.21. The summed E-state index contributed by atoms with van der Waals surface area (Å²) in [6, 6.07) is 10.5. The molecule has 0 spiro atoms. The van der Waals surface area contributed by atoms with E-state index < -0.39 is 0 Å². The highest BCUT2D eigenvalue weighted by Crippen LogP contribution is 2.36. The third-order valence-corrected chi connectivity index (χ3v) is 4.94. The van der Waals surface area contributed by atoms with Crippen molar-refractivity contribution >= 4 is 0 Å². The van der Waals surface area contributed by atoms with E-state index >= 15 is 0 Å².